The molecule has 1 aromatic rings. The summed E-state index contributed by atoms with van der Waals surface area (Å²) in [6.45, 7) is 0.426. The molecule has 0 aromatic heterocycles. The molecule has 0 radical (unpaired) electrons. The van der Waals surface area contributed by atoms with E-state index in [0.29, 0.717) is 13.2 Å². The summed E-state index contributed by atoms with van der Waals surface area (Å²) in [5.41, 5.74) is -1.01. The molecule has 6 heteroatoms. The van der Waals surface area contributed by atoms with Crippen LogP contribution in [0.1, 0.15) is 0 Å². The lowest BCUT2D eigenvalue weighted by atomic mass is 10.1. The van der Waals surface area contributed by atoms with E-state index in [2.05, 4.69) is 15.9 Å². The van der Waals surface area contributed by atoms with Crippen LogP contribution in [0.15, 0.2) is 28.7 Å². The van der Waals surface area contributed by atoms with Crippen LogP contribution in [0.4, 0.5) is 4.39 Å². The summed E-state index contributed by atoms with van der Waals surface area (Å²) in [6, 6.07) is 7.49. The minimum absolute atomic E-state index is 0.165. The molecule has 1 aliphatic rings. The zero-order valence-electron chi connectivity index (χ0n) is 11.3. The Kier molecular flexibility index (Phi) is 5.77. The second kappa shape index (κ2) is 7.36. The van der Waals surface area contributed by atoms with Gasteiger partial charge in [-0.1, -0.05) is 15.9 Å². The van der Waals surface area contributed by atoms with Gasteiger partial charge in [0, 0.05) is 11.6 Å². The van der Waals surface area contributed by atoms with Crippen LogP contribution in [0.5, 0.6) is 5.75 Å². The second-order valence-electron chi connectivity index (χ2n) is 4.77. The van der Waals surface area contributed by atoms with Gasteiger partial charge in [-0.2, -0.15) is 0 Å². The zero-order valence-corrected chi connectivity index (χ0v) is 12.9. The molecular weight excluding hydrogens is 331 g/mol. The molecule has 0 spiro atoms. The van der Waals surface area contributed by atoms with Gasteiger partial charge in [0.05, 0.1) is 19.8 Å². The van der Waals surface area contributed by atoms with Gasteiger partial charge in [-0.3, -0.25) is 0 Å². The molecular formula is C14H18BrFO4. The highest BCUT2D eigenvalue weighted by molar-refractivity contribution is 9.10. The van der Waals surface area contributed by atoms with Crippen molar-refractivity contribution in [3.63, 3.8) is 0 Å². The maximum atomic E-state index is 13.2. The molecule has 0 N–H and O–H groups in total. The SMILES string of the molecule is COC[C@@]1(CF)COCC(COc2ccc(Br)cc2)O1. The number of halogens is 2. The molecule has 1 fully saturated rings. The minimum atomic E-state index is -1.01. The summed E-state index contributed by atoms with van der Waals surface area (Å²) >= 11 is 3.36. The average molecular weight is 349 g/mol. The van der Waals surface area contributed by atoms with Crippen LogP contribution in [0.2, 0.25) is 0 Å². The average Bonchev–Trinajstić information content (AvgIpc) is 2.47. The van der Waals surface area contributed by atoms with E-state index in [4.69, 9.17) is 18.9 Å². The zero-order chi connectivity index (χ0) is 14.4. The van der Waals surface area contributed by atoms with Crippen LogP contribution in [0.25, 0.3) is 0 Å². The van der Waals surface area contributed by atoms with E-state index in [0.717, 1.165) is 10.2 Å². The Labute approximate surface area is 126 Å². The molecule has 112 valence electrons. The number of methoxy groups -OCH3 is 1. The lowest BCUT2D eigenvalue weighted by molar-refractivity contribution is -0.226. The molecule has 0 bridgehead atoms. The summed E-state index contributed by atoms with van der Waals surface area (Å²) in [5.74, 6) is 0.736. The molecule has 0 amide bonds. The summed E-state index contributed by atoms with van der Waals surface area (Å²) in [7, 11) is 1.52. The molecule has 4 nitrogen and oxygen atoms in total. The highest BCUT2D eigenvalue weighted by atomic mass is 79.9. The van der Waals surface area contributed by atoms with Crippen molar-refractivity contribution in [2.75, 3.05) is 40.2 Å². The van der Waals surface area contributed by atoms with E-state index in [-0.39, 0.29) is 19.3 Å². The van der Waals surface area contributed by atoms with Crippen molar-refractivity contribution >= 4 is 15.9 Å². The fourth-order valence-electron chi connectivity index (χ4n) is 2.05. The molecule has 1 unspecified atom stereocenters. The van der Waals surface area contributed by atoms with E-state index in [1.165, 1.54) is 7.11 Å². The number of hydrogen-bond acceptors (Lipinski definition) is 4. The van der Waals surface area contributed by atoms with Gasteiger partial charge in [-0.25, -0.2) is 4.39 Å². The standard InChI is InChI=1S/C14H18BrFO4/c1-17-9-14(8-16)10-18-6-13(20-14)7-19-12-4-2-11(15)3-5-12/h2-5,13H,6-10H2,1H3/t13?,14-/m0/s1. The Hall–Kier alpha value is -0.690. The van der Waals surface area contributed by atoms with Gasteiger partial charge in [0.25, 0.3) is 0 Å². The highest BCUT2D eigenvalue weighted by Gasteiger charge is 2.39. The van der Waals surface area contributed by atoms with E-state index >= 15 is 0 Å². The monoisotopic (exact) mass is 348 g/mol. The molecule has 2 rings (SSSR count). The second-order valence-corrected chi connectivity index (χ2v) is 5.69. The first-order chi connectivity index (χ1) is 9.67. The van der Waals surface area contributed by atoms with Crippen LogP contribution in [0, 0.1) is 0 Å². The van der Waals surface area contributed by atoms with E-state index in [9.17, 15) is 4.39 Å². The van der Waals surface area contributed by atoms with Crippen LogP contribution >= 0.6 is 15.9 Å². The lowest BCUT2D eigenvalue weighted by Gasteiger charge is -2.38. The van der Waals surface area contributed by atoms with Crippen molar-refractivity contribution in [1.29, 1.82) is 0 Å². The van der Waals surface area contributed by atoms with E-state index < -0.39 is 12.3 Å². The van der Waals surface area contributed by atoms with Crippen molar-refractivity contribution in [2.45, 2.75) is 11.7 Å². The van der Waals surface area contributed by atoms with Crippen LogP contribution in [-0.2, 0) is 14.2 Å². The fraction of sp³-hybridized carbons (Fsp3) is 0.571. The van der Waals surface area contributed by atoms with Crippen LogP contribution in [0.3, 0.4) is 0 Å². The number of rotatable bonds is 6. The number of benzene rings is 1. The van der Waals surface area contributed by atoms with Gasteiger partial charge in [-0.15, -0.1) is 0 Å². The van der Waals surface area contributed by atoms with E-state index in [1.807, 2.05) is 24.3 Å². The highest BCUT2D eigenvalue weighted by Crippen LogP contribution is 2.23. The normalized spacial score (nSPS) is 26.4. The van der Waals surface area contributed by atoms with Crippen LogP contribution in [-0.4, -0.2) is 51.9 Å². The quantitative estimate of drug-likeness (QED) is 0.791. The van der Waals surface area contributed by atoms with Crippen molar-refractivity contribution < 1.29 is 23.3 Å². The predicted octanol–water partition coefficient (Wildman–Crippen LogP) is 2.60. The Morgan fingerprint density at radius 2 is 2.15 bits per heavy atom. The van der Waals surface area contributed by atoms with Crippen molar-refractivity contribution in [1.82, 2.24) is 0 Å². The summed E-state index contributed by atoms with van der Waals surface area (Å²) in [5, 5.41) is 0. The number of alkyl halides is 1. The predicted molar refractivity (Wildman–Crippen MR) is 75.9 cm³/mol. The van der Waals surface area contributed by atoms with Gasteiger partial charge in [0.1, 0.15) is 30.7 Å². The van der Waals surface area contributed by atoms with Crippen molar-refractivity contribution in [2.24, 2.45) is 0 Å². The van der Waals surface area contributed by atoms with Gasteiger partial charge in [-0.05, 0) is 24.3 Å². The largest absolute Gasteiger partial charge is 0.491 e. The molecule has 2 atom stereocenters. The fourth-order valence-corrected chi connectivity index (χ4v) is 2.31. The Morgan fingerprint density at radius 1 is 1.40 bits per heavy atom. The summed E-state index contributed by atoms with van der Waals surface area (Å²) < 4.78 is 36.0. The van der Waals surface area contributed by atoms with Crippen molar-refractivity contribution in [3.8, 4) is 5.75 Å². The first kappa shape index (κ1) is 15.7. The smallest absolute Gasteiger partial charge is 0.143 e. The van der Waals surface area contributed by atoms with Gasteiger partial charge in [0.15, 0.2) is 0 Å². The molecule has 0 aliphatic carbocycles. The van der Waals surface area contributed by atoms with Gasteiger partial charge < -0.3 is 18.9 Å². The molecule has 0 saturated carbocycles. The first-order valence-corrected chi connectivity index (χ1v) is 7.15. The number of ether oxygens (including phenoxy) is 4. The third-order valence-electron chi connectivity index (χ3n) is 2.99. The molecule has 1 heterocycles. The maximum Gasteiger partial charge on any atom is 0.143 e. The third-order valence-corrected chi connectivity index (χ3v) is 3.51. The Morgan fingerprint density at radius 3 is 2.80 bits per heavy atom. The third kappa shape index (κ3) is 4.15. The van der Waals surface area contributed by atoms with E-state index in [1.54, 1.807) is 0 Å². The lowest BCUT2D eigenvalue weighted by Crippen LogP contribution is -2.53. The summed E-state index contributed by atoms with van der Waals surface area (Å²) in [6.07, 6.45) is -0.307. The maximum absolute atomic E-state index is 13.2. The topological polar surface area (TPSA) is 36.9 Å². The molecule has 1 saturated heterocycles. The summed E-state index contributed by atoms with van der Waals surface area (Å²) in [4.78, 5) is 0. The van der Waals surface area contributed by atoms with Crippen molar-refractivity contribution in [3.05, 3.63) is 28.7 Å². The molecule has 1 aromatic carbocycles. The van der Waals surface area contributed by atoms with Crippen LogP contribution < -0.4 is 4.74 Å². The van der Waals surface area contributed by atoms with Gasteiger partial charge >= 0.3 is 0 Å². The van der Waals surface area contributed by atoms with Gasteiger partial charge in [0.2, 0.25) is 0 Å². The molecule has 20 heavy (non-hydrogen) atoms. The first-order valence-electron chi connectivity index (χ1n) is 6.36. The minimum Gasteiger partial charge on any atom is -0.491 e. The number of hydrogen-bond donors (Lipinski definition) is 0. The molecule has 1 aliphatic heterocycles. The Balaban J connectivity index is 1.87. The Bertz CT molecular complexity index is 410.